The summed E-state index contributed by atoms with van der Waals surface area (Å²) < 4.78 is 66.8. The van der Waals surface area contributed by atoms with Crippen molar-refractivity contribution in [3.8, 4) is 5.75 Å². The van der Waals surface area contributed by atoms with E-state index in [1.54, 1.807) is 0 Å². The van der Waals surface area contributed by atoms with Crippen molar-refractivity contribution in [1.82, 2.24) is 9.55 Å². The van der Waals surface area contributed by atoms with Crippen molar-refractivity contribution in [3.63, 3.8) is 0 Å². The lowest BCUT2D eigenvalue weighted by Gasteiger charge is -2.29. The number of imidazole rings is 1. The lowest BCUT2D eigenvalue weighted by atomic mass is 9.97. The summed E-state index contributed by atoms with van der Waals surface area (Å²) in [6.07, 6.45) is -4.00. The number of aromatic nitrogens is 2. The Balaban J connectivity index is 1.87. The number of aliphatic hydroxyl groups is 1. The highest BCUT2D eigenvalue weighted by atomic mass is 32.2. The highest BCUT2D eigenvalue weighted by molar-refractivity contribution is 7.93. The Morgan fingerprint density at radius 3 is 2.57 bits per heavy atom. The van der Waals surface area contributed by atoms with Crippen LogP contribution >= 0.6 is 0 Å². The van der Waals surface area contributed by atoms with E-state index >= 15 is 0 Å². The summed E-state index contributed by atoms with van der Waals surface area (Å²) in [5.74, 6) is -2.56. The first-order chi connectivity index (χ1) is 13.8. The molecule has 0 saturated carbocycles. The summed E-state index contributed by atoms with van der Waals surface area (Å²) in [6.45, 7) is 0.202. The molecular formula is C17H19F3N4O5S. The third kappa shape index (κ3) is 3.94. The molecular weight excluding hydrogens is 429 g/mol. The average Bonchev–Trinajstić information content (AvgIpc) is 3.20. The van der Waals surface area contributed by atoms with Crippen LogP contribution in [0.15, 0.2) is 30.6 Å². The second-order valence-corrected chi connectivity index (χ2v) is 8.90. The Morgan fingerprint density at radius 2 is 2.03 bits per heavy atom. The normalized spacial score (nSPS) is 18.2. The van der Waals surface area contributed by atoms with Crippen molar-refractivity contribution in [2.75, 3.05) is 21.9 Å². The summed E-state index contributed by atoms with van der Waals surface area (Å²) in [5.41, 5.74) is -3.71. The van der Waals surface area contributed by atoms with Crippen LogP contribution in [-0.4, -0.2) is 52.6 Å². The minimum atomic E-state index is -5.21. The van der Waals surface area contributed by atoms with Gasteiger partial charge in [0.15, 0.2) is 5.82 Å². The number of nitrogens with one attached hydrogen (secondary N) is 1. The molecule has 1 fully saturated rings. The van der Waals surface area contributed by atoms with Gasteiger partial charge in [-0.25, -0.2) is 13.4 Å². The van der Waals surface area contributed by atoms with Gasteiger partial charge in [0.2, 0.25) is 21.5 Å². The summed E-state index contributed by atoms with van der Waals surface area (Å²) in [6, 6.07) is 3.57. The molecule has 1 amide bonds. The van der Waals surface area contributed by atoms with Gasteiger partial charge >= 0.3 is 6.18 Å². The number of aryl methyl sites for hydroxylation is 1. The maximum Gasteiger partial charge on any atom is 0.425 e. The molecule has 30 heavy (non-hydrogen) atoms. The number of sulfonamides is 1. The largest absolute Gasteiger partial charge is 0.506 e. The number of carbonyl (C=O) groups excluding carboxylic acids is 1. The zero-order valence-corrected chi connectivity index (χ0v) is 16.5. The maximum atomic E-state index is 13.6. The summed E-state index contributed by atoms with van der Waals surface area (Å²) >= 11 is 0. The van der Waals surface area contributed by atoms with Crippen LogP contribution in [0, 0.1) is 0 Å². The van der Waals surface area contributed by atoms with Crippen molar-refractivity contribution in [2.45, 2.75) is 24.6 Å². The SMILES string of the molecule is Cn1ccnc1C(O)(CC(=O)Nc1cc(N2CCCS2(=O)=O)ccc1O)C(F)(F)F. The first-order valence-corrected chi connectivity index (χ1v) is 10.4. The number of nitrogens with zero attached hydrogens (tertiary/aromatic N) is 3. The summed E-state index contributed by atoms with van der Waals surface area (Å²) in [4.78, 5) is 15.8. The minimum absolute atomic E-state index is 0.0577. The lowest BCUT2D eigenvalue weighted by molar-refractivity contribution is -0.270. The molecule has 1 saturated heterocycles. The molecule has 1 unspecified atom stereocenters. The number of rotatable bonds is 5. The van der Waals surface area contributed by atoms with Crippen LogP contribution in [-0.2, 0) is 27.5 Å². The van der Waals surface area contributed by atoms with Gasteiger partial charge in [-0.1, -0.05) is 0 Å². The molecule has 1 aromatic heterocycles. The molecule has 9 nitrogen and oxygen atoms in total. The predicted molar refractivity (Wildman–Crippen MR) is 100 cm³/mol. The Morgan fingerprint density at radius 1 is 1.33 bits per heavy atom. The summed E-state index contributed by atoms with van der Waals surface area (Å²) in [7, 11) is -2.30. The van der Waals surface area contributed by atoms with Gasteiger partial charge in [0.25, 0.3) is 0 Å². The van der Waals surface area contributed by atoms with Crippen molar-refractivity contribution in [1.29, 1.82) is 0 Å². The molecule has 3 N–H and O–H groups in total. The molecule has 1 aromatic carbocycles. The van der Waals surface area contributed by atoms with E-state index in [1.165, 1.54) is 19.3 Å². The standard InChI is InChI=1S/C17H19F3N4O5S/c1-23-7-5-21-15(23)16(27,17(18,19)20)10-14(26)22-12-9-11(3-4-13(12)25)24-6-2-8-30(24,28)29/h3-5,7,9,25,27H,2,6,8,10H2,1H3,(H,22,26). The zero-order chi connectivity index (χ0) is 22.3. The molecule has 0 spiro atoms. The second kappa shape index (κ2) is 7.47. The number of anilines is 2. The molecule has 164 valence electrons. The van der Waals surface area contributed by atoms with Crippen LogP contribution in [0.1, 0.15) is 18.7 Å². The first-order valence-electron chi connectivity index (χ1n) is 8.75. The molecule has 2 aromatic rings. The number of hydrogen-bond donors (Lipinski definition) is 3. The van der Waals surface area contributed by atoms with Crippen molar-refractivity contribution >= 4 is 27.3 Å². The van der Waals surface area contributed by atoms with Crippen LogP contribution in [0.25, 0.3) is 0 Å². The van der Waals surface area contributed by atoms with Gasteiger partial charge in [-0.2, -0.15) is 13.2 Å². The van der Waals surface area contributed by atoms with Gasteiger partial charge in [0.1, 0.15) is 5.75 Å². The average molecular weight is 448 g/mol. The van der Waals surface area contributed by atoms with E-state index < -0.39 is 45.7 Å². The molecule has 1 aliphatic rings. The Bertz CT molecular complexity index is 1070. The fourth-order valence-electron chi connectivity index (χ4n) is 3.21. The highest BCUT2D eigenvalue weighted by Gasteiger charge is 2.58. The molecule has 0 aliphatic carbocycles. The number of aromatic hydroxyl groups is 1. The fraction of sp³-hybridized carbons (Fsp3) is 0.412. The number of alkyl halides is 3. The number of phenolic OH excluding ortho intramolecular Hbond substituents is 1. The molecule has 13 heteroatoms. The lowest BCUT2D eigenvalue weighted by Crippen LogP contribution is -2.46. The number of amides is 1. The van der Waals surface area contributed by atoms with E-state index in [1.807, 2.05) is 0 Å². The Kier molecular flexibility index (Phi) is 5.45. The molecule has 2 heterocycles. The molecule has 0 radical (unpaired) electrons. The van der Waals surface area contributed by atoms with E-state index in [9.17, 15) is 36.6 Å². The second-order valence-electron chi connectivity index (χ2n) is 6.89. The van der Waals surface area contributed by atoms with Gasteiger partial charge in [0, 0.05) is 26.0 Å². The van der Waals surface area contributed by atoms with Gasteiger partial charge in [-0.3, -0.25) is 9.10 Å². The zero-order valence-electron chi connectivity index (χ0n) is 15.7. The van der Waals surface area contributed by atoms with Crippen molar-refractivity contribution in [2.24, 2.45) is 7.05 Å². The van der Waals surface area contributed by atoms with Gasteiger partial charge in [-0.05, 0) is 24.6 Å². The monoisotopic (exact) mass is 448 g/mol. The first kappa shape index (κ1) is 21.9. The van der Waals surface area contributed by atoms with Crippen molar-refractivity contribution in [3.05, 3.63) is 36.4 Å². The van der Waals surface area contributed by atoms with Gasteiger partial charge in [-0.15, -0.1) is 0 Å². The summed E-state index contributed by atoms with van der Waals surface area (Å²) in [5, 5.41) is 22.3. The molecule has 3 rings (SSSR count). The topological polar surface area (TPSA) is 125 Å². The fourth-order valence-corrected chi connectivity index (χ4v) is 4.76. The third-order valence-corrected chi connectivity index (χ3v) is 6.59. The van der Waals surface area contributed by atoms with Gasteiger partial charge < -0.3 is 20.1 Å². The smallest absolute Gasteiger partial charge is 0.425 e. The van der Waals surface area contributed by atoms with E-state index in [-0.39, 0.29) is 23.7 Å². The van der Waals surface area contributed by atoms with Crippen LogP contribution in [0.5, 0.6) is 5.75 Å². The Labute approximate surface area is 169 Å². The van der Waals surface area contributed by atoms with E-state index in [0.29, 0.717) is 6.42 Å². The number of halogens is 3. The van der Waals surface area contributed by atoms with Crippen LogP contribution < -0.4 is 9.62 Å². The minimum Gasteiger partial charge on any atom is -0.506 e. The van der Waals surface area contributed by atoms with Crippen LogP contribution in [0.2, 0.25) is 0 Å². The number of carbonyl (C=O) groups is 1. The molecule has 1 aliphatic heterocycles. The van der Waals surface area contributed by atoms with E-state index in [0.717, 1.165) is 27.2 Å². The predicted octanol–water partition coefficient (Wildman–Crippen LogP) is 1.44. The third-order valence-electron chi connectivity index (χ3n) is 4.72. The maximum absolute atomic E-state index is 13.6. The van der Waals surface area contributed by atoms with Gasteiger partial charge in [0.05, 0.1) is 23.5 Å². The molecule has 0 bridgehead atoms. The van der Waals surface area contributed by atoms with Crippen LogP contribution in [0.3, 0.4) is 0 Å². The Hall–Kier alpha value is -2.80. The van der Waals surface area contributed by atoms with E-state index in [2.05, 4.69) is 10.3 Å². The van der Waals surface area contributed by atoms with Crippen molar-refractivity contribution < 1.29 is 36.6 Å². The number of phenols is 1. The number of hydrogen-bond acceptors (Lipinski definition) is 6. The van der Waals surface area contributed by atoms with E-state index in [4.69, 9.17) is 0 Å². The van der Waals surface area contributed by atoms with Crippen LogP contribution in [0.4, 0.5) is 24.5 Å². The highest BCUT2D eigenvalue weighted by Crippen LogP contribution is 2.41. The molecule has 1 atom stereocenters. The number of benzene rings is 1. The quantitative estimate of drug-likeness (QED) is 0.595.